The van der Waals surface area contributed by atoms with E-state index in [9.17, 15) is 13.6 Å². The van der Waals surface area contributed by atoms with Gasteiger partial charge < -0.3 is 10.1 Å². The molecule has 0 bridgehead atoms. The van der Waals surface area contributed by atoms with Crippen LogP contribution in [-0.4, -0.2) is 12.5 Å². The molecule has 2 aromatic rings. The average Bonchev–Trinajstić information content (AvgIpc) is 2.41. The Balaban J connectivity index is 2.03. The van der Waals surface area contributed by atoms with E-state index in [0.717, 1.165) is 3.57 Å². The fourth-order valence-electron chi connectivity index (χ4n) is 1.52. The number of hydrogen-bond donors (Lipinski definition) is 1. The first-order valence-corrected chi connectivity index (χ1v) is 6.74. The van der Waals surface area contributed by atoms with Gasteiger partial charge in [0.15, 0.2) is 0 Å². The van der Waals surface area contributed by atoms with Crippen LogP contribution in [0.25, 0.3) is 0 Å². The van der Waals surface area contributed by atoms with Gasteiger partial charge in [-0.25, -0.2) is 0 Å². The van der Waals surface area contributed by atoms with Crippen molar-refractivity contribution in [3.63, 3.8) is 0 Å². The molecule has 0 fully saturated rings. The Morgan fingerprint density at radius 2 is 1.65 bits per heavy atom. The van der Waals surface area contributed by atoms with Crippen LogP contribution in [0.5, 0.6) is 5.75 Å². The molecule has 0 aliphatic rings. The van der Waals surface area contributed by atoms with Crippen molar-refractivity contribution in [2.24, 2.45) is 0 Å². The molecule has 0 spiro atoms. The van der Waals surface area contributed by atoms with Gasteiger partial charge in [0, 0.05) is 14.8 Å². The highest BCUT2D eigenvalue weighted by molar-refractivity contribution is 14.1. The molecule has 2 rings (SSSR count). The Morgan fingerprint density at radius 3 is 2.20 bits per heavy atom. The van der Waals surface area contributed by atoms with Crippen molar-refractivity contribution in [3.8, 4) is 5.75 Å². The first-order chi connectivity index (χ1) is 9.54. The number of anilines is 1. The van der Waals surface area contributed by atoms with Crippen molar-refractivity contribution in [1.29, 1.82) is 0 Å². The molecular weight excluding hydrogens is 379 g/mol. The third kappa shape index (κ3) is 4.16. The van der Waals surface area contributed by atoms with Crippen LogP contribution < -0.4 is 10.1 Å². The van der Waals surface area contributed by atoms with Gasteiger partial charge in [0.1, 0.15) is 5.75 Å². The summed E-state index contributed by atoms with van der Waals surface area (Å²) in [6.07, 6.45) is 0. The Hall–Kier alpha value is -1.70. The van der Waals surface area contributed by atoms with Gasteiger partial charge in [-0.2, -0.15) is 8.78 Å². The second-order valence-corrected chi connectivity index (χ2v) is 5.11. The van der Waals surface area contributed by atoms with Gasteiger partial charge in [-0.1, -0.05) is 0 Å². The van der Waals surface area contributed by atoms with Crippen LogP contribution >= 0.6 is 22.6 Å². The lowest BCUT2D eigenvalue weighted by Gasteiger charge is -2.07. The predicted molar refractivity (Wildman–Crippen MR) is 80.2 cm³/mol. The first kappa shape index (κ1) is 14.7. The Labute approximate surface area is 128 Å². The second-order valence-electron chi connectivity index (χ2n) is 3.86. The van der Waals surface area contributed by atoms with Crippen LogP contribution in [0.3, 0.4) is 0 Å². The van der Waals surface area contributed by atoms with Crippen molar-refractivity contribution in [3.05, 3.63) is 57.7 Å². The summed E-state index contributed by atoms with van der Waals surface area (Å²) in [5.74, 6) is -0.291. The summed E-state index contributed by atoms with van der Waals surface area (Å²) >= 11 is 2.17. The molecule has 0 saturated carbocycles. The standard InChI is InChI=1S/C14H10F2INO2/c15-14(16)20-12-7-1-9(2-8-12)13(19)18-11-5-3-10(17)4-6-11/h1-8,14H,(H,18,19). The molecule has 0 radical (unpaired) electrons. The molecule has 0 unspecified atom stereocenters. The fraction of sp³-hybridized carbons (Fsp3) is 0.0714. The number of rotatable bonds is 4. The molecule has 0 aliphatic carbocycles. The van der Waals surface area contributed by atoms with Crippen LogP contribution in [-0.2, 0) is 0 Å². The zero-order chi connectivity index (χ0) is 14.5. The van der Waals surface area contributed by atoms with E-state index in [2.05, 4.69) is 32.6 Å². The minimum absolute atomic E-state index is 0.0193. The van der Waals surface area contributed by atoms with E-state index in [1.54, 1.807) is 12.1 Å². The van der Waals surface area contributed by atoms with Gasteiger partial charge in [-0.15, -0.1) is 0 Å². The van der Waals surface area contributed by atoms with E-state index in [1.165, 1.54) is 24.3 Å². The van der Waals surface area contributed by atoms with Crippen LogP contribution in [0.1, 0.15) is 10.4 Å². The molecule has 0 aromatic heterocycles. The molecule has 1 amide bonds. The SMILES string of the molecule is O=C(Nc1ccc(I)cc1)c1ccc(OC(F)F)cc1. The van der Waals surface area contributed by atoms with Crippen molar-refractivity contribution in [2.75, 3.05) is 5.32 Å². The van der Waals surface area contributed by atoms with E-state index in [-0.39, 0.29) is 11.7 Å². The highest BCUT2D eigenvalue weighted by atomic mass is 127. The Morgan fingerprint density at radius 1 is 1.05 bits per heavy atom. The first-order valence-electron chi connectivity index (χ1n) is 5.66. The summed E-state index contributed by atoms with van der Waals surface area (Å²) in [7, 11) is 0. The van der Waals surface area contributed by atoms with Gasteiger partial charge in [-0.05, 0) is 71.1 Å². The molecule has 0 heterocycles. The molecule has 0 saturated heterocycles. The number of ether oxygens (including phenoxy) is 1. The quantitative estimate of drug-likeness (QED) is 0.799. The molecule has 0 aliphatic heterocycles. The summed E-state index contributed by atoms with van der Waals surface area (Å²) in [5.41, 5.74) is 1.04. The van der Waals surface area contributed by atoms with E-state index in [1.807, 2.05) is 12.1 Å². The number of alkyl halides is 2. The number of hydrogen-bond acceptors (Lipinski definition) is 2. The predicted octanol–water partition coefficient (Wildman–Crippen LogP) is 4.14. The van der Waals surface area contributed by atoms with Gasteiger partial charge in [0.05, 0.1) is 0 Å². The third-order valence-corrected chi connectivity index (χ3v) is 3.16. The van der Waals surface area contributed by atoms with Crippen molar-refractivity contribution >= 4 is 34.2 Å². The Bertz CT molecular complexity index is 585. The van der Waals surface area contributed by atoms with E-state index in [0.29, 0.717) is 11.3 Å². The summed E-state index contributed by atoms with van der Waals surface area (Å²) < 4.78 is 29.3. The fourth-order valence-corrected chi connectivity index (χ4v) is 1.88. The summed E-state index contributed by atoms with van der Waals surface area (Å²) in [5, 5.41) is 2.71. The van der Waals surface area contributed by atoms with Crippen molar-refractivity contribution < 1.29 is 18.3 Å². The topological polar surface area (TPSA) is 38.3 Å². The van der Waals surface area contributed by atoms with Gasteiger partial charge in [0.25, 0.3) is 5.91 Å². The summed E-state index contributed by atoms with van der Waals surface area (Å²) in [6.45, 7) is -2.87. The molecular formula is C14H10F2INO2. The van der Waals surface area contributed by atoms with Crippen molar-refractivity contribution in [2.45, 2.75) is 6.61 Å². The molecule has 104 valence electrons. The molecule has 3 nitrogen and oxygen atoms in total. The summed E-state index contributed by atoms with van der Waals surface area (Å²) in [4.78, 5) is 11.9. The minimum atomic E-state index is -2.87. The lowest BCUT2D eigenvalue weighted by atomic mass is 10.2. The molecule has 20 heavy (non-hydrogen) atoms. The zero-order valence-electron chi connectivity index (χ0n) is 10.1. The highest BCUT2D eigenvalue weighted by Crippen LogP contribution is 2.16. The highest BCUT2D eigenvalue weighted by Gasteiger charge is 2.08. The number of carbonyl (C=O) groups excluding carboxylic acids is 1. The molecule has 1 N–H and O–H groups in total. The lowest BCUT2D eigenvalue weighted by Crippen LogP contribution is -2.11. The third-order valence-electron chi connectivity index (χ3n) is 2.44. The number of halogens is 3. The summed E-state index contributed by atoms with van der Waals surface area (Å²) in [6, 6.07) is 12.8. The minimum Gasteiger partial charge on any atom is -0.435 e. The van der Waals surface area contributed by atoms with Gasteiger partial charge >= 0.3 is 6.61 Å². The Kier molecular flexibility index (Phi) is 4.89. The second kappa shape index (κ2) is 6.65. The van der Waals surface area contributed by atoms with Crippen LogP contribution in [0.2, 0.25) is 0 Å². The van der Waals surface area contributed by atoms with Crippen LogP contribution in [0, 0.1) is 3.57 Å². The number of nitrogens with one attached hydrogen (secondary N) is 1. The molecule has 6 heteroatoms. The smallest absolute Gasteiger partial charge is 0.387 e. The maximum absolute atomic E-state index is 12.0. The normalized spacial score (nSPS) is 10.4. The maximum Gasteiger partial charge on any atom is 0.387 e. The monoisotopic (exact) mass is 389 g/mol. The maximum atomic E-state index is 12.0. The zero-order valence-corrected chi connectivity index (χ0v) is 12.3. The van der Waals surface area contributed by atoms with Crippen LogP contribution in [0.15, 0.2) is 48.5 Å². The van der Waals surface area contributed by atoms with E-state index in [4.69, 9.17) is 0 Å². The van der Waals surface area contributed by atoms with E-state index >= 15 is 0 Å². The van der Waals surface area contributed by atoms with Crippen LogP contribution in [0.4, 0.5) is 14.5 Å². The molecule has 0 atom stereocenters. The van der Waals surface area contributed by atoms with Gasteiger partial charge in [-0.3, -0.25) is 4.79 Å². The number of benzene rings is 2. The molecule has 2 aromatic carbocycles. The lowest BCUT2D eigenvalue weighted by molar-refractivity contribution is -0.0498. The van der Waals surface area contributed by atoms with Crippen molar-refractivity contribution in [1.82, 2.24) is 0 Å². The van der Waals surface area contributed by atoms with E-state index < -0.39 is 6.61 Å². The van der Waals surface area contributed by atoms with Gasteiger partial charge in [0.2, 0.25) is 0 Å². The largest absolute Gasteiger partial charge is 0.435 e. The average molecular weight is 389 g/mol. The number of amides is 1. The number of carbonyl (C=O) groups is 1.